The molecule has 0 saturated carbocycles. The quantitative estimate of drug-likeness (QED) is 0.791. The van der Waals surface area contributed by atoms with Gasteiger partial charge in [-0.1, -0.05) is 48.0 Å². The molecule has 0 radical (unpaired) electrons. The Kier molecular flexibility index (Phi) is 3.84. The fraction of sp³-hybridized carbons (Fsp3) is 0.0588. The van der Waals surface area contributed by atoms with Crippen molar-refractivity contribution >= 4 is 34.1 Å². The van der Waals surface area contributed by atoms with E-state index in [1.165, 1.54) is 0 Å². The highest BCUT2D eigenvalue weighted by Gasteiger charge is 2.07. The standard InChI is InChI=1S/C17H13ClN2O/c18-15-7-3-1-5-12(15)10-17(21)20-14-9-13-6-2-4-8-16(13)19-11-14/h1-9,11H,10H2,(H,20,21). The molecule has 1 amide bonds. The molecule has 0 fully saturated rings. The molecule has 0 aliphatic heterocycles. The summed E-state index contributed by atoms with van der Waals surface area (Å²) >= 11 is 6.06. The van der Waals surface area contributed by atoms with Crippen molar-refractivity contribution in [2.75, 3.05) is 5.32 Å². The molecule has 0 aliphatic rings. The molecule has 2 aromatic carbocycles. The van der Waals surface area contributed by atoms with Gasteiger partial charge in [0.2, 0.25) is 5.91 Å². The lowest BCUT2D eigenvalue weighted by Crippen LogP contribution is -2.14. The largest absolute Gasteiger partial charge is 0.324 e. The Bertz CT molecular complexity index is 801. The number of amides is 1. The van der Waals surface area contributed by atoms with Crippen molar-refractivity contribution in [1.82, 2.24) is 4.98 Å². The van der Waals surface area contributed by atoms with Gasteiger partial charge in [-0.3, -0.25) is 9.78 Å². The number of benzene rings is 2. The van der Waals surface area contributed by atoms with Gasteiger partial charge in [0.25, 0.3) is 0 Å². The molecule has 1 N–H and O–H groups in total. The van der Waals surface area contributed by atoms with Crippen LogP contribution in [-0.2, 0) is 11.2 Å². The molecule has 3 nitrogen and oxygen atoms in total. The van der Waals surface area contributed by atoms with Crippen LogP contribution in [0.25, 0.3) is 10.9 Å². The van der Waals surface area contributed by atoms with Gasteiger partial charge >= 0.3 is 0 Å². The number of para-hydroxylation sites is 1. The van der Waals surface area contributed by atoms with E-state index in [4.69, 9.17) is 11.6 Å². The van der Waals surface area contributed by atoms with Crippen molar-refractivity contribution in [2.45, 2.75) is 6.42 Å². The Hall–Kier alpha value is -2.39. The van der Waals surface area contributed by atoms with Gasteiger partial charge in [-0.15, -0.1) is 0 Å². The van der Waals surface area contributed by atoms with E-state index in [0.717, 1.165) is 16.5 Å². The Morgan fingerprint density at radius 1 is 1.10 bits per heavy atom. The summed E-state index contributed by atoms with van der Waals surface area (Å²) in [6.45, 7) is 0. The van der Waals surface area contributed by atoms with E-state index in [1.54, 1.807) is 12.3 Å². The summed E-state index contributed by atoms with van der Waals surface area (Å²) in [4.78, 5) is 16.4. The molecule has 1 aromatic heterocycles. The molecule has 21 heavy (non-hydrogen) atoms. The SMILES string of the molecule is O=C(Cc1ccccc1Cl)Nc1cnc2ccccc2c1. The highest BCUT2D eigenvalue weighted by Crippen LogP contribution is 2.18. The fourth-order valence-electron chi connectivity index (χ4n) is 2.16. The Labute approximate surface area is 127 Å². The minimum atomic E-state index is -0.111. The van der Waals surface area contributed by atoms with Gasteiger partial charge < -0.3 is 5.32 Å². The van der Waals surface area contributed by atoms with Crippen molar-refractivity contribution in [2.24, 2.45) is 0 Å². The second-order valence-electron chi connectivity index (χ2n) is 4.73. The number of rotatable bonds is 3. The van der Waals surface area contributed by atoms with E-state index < -0.39 is 0 Å². The number of aromatic nitrogens is 1. The summed E-state index contributed by atoms with van der Waals surface area (Å²) in [5.41, 5.74) is 2.40. The maximum absolute atomic E-state index is 12.1. The van der Waals surface area contributed by atoms with E-state index in [9.17, 15) is 4.79 Å². The summed E-state index contributed by atoms with van der Waals surface area (Å²) in [7, 11) is 0. The number of hydrogen-bond acceptors (Lipinski definition) is 2. The lowest BCUT2D eigenvalue weighted by molar-refractivity contribution is -0.115. The van der Waals surface area contributed by atoms with Crippen LogP contribution in [0.4, 0.5) is 5.69 Å². The number of nitrogens with one attached hydrogen (secondary N) is 1. The molecule has 0 unspecified atom stereocenters. The third-order valence-electron chi connectivity index (χ3n) is 3.18. The van der Waals surface area contributed by atoms with Crippen LogP contribution in [0, 0.1) is 0 Å². The van der Waals surface area contributed by atoms with Gasteiger partial charge in [0.05, 0.1) is 23.8 Å². The molecule has 0 atom stereocenters. The number of carbonyl (C=O) groups is 1. The summed E-state index contributed by atoms with van der Waals surface area (Å²) in [5.74, 6) is -0.111. The van der Waals surface area contributed by atoms with Gasteiger partial charge in [0.15, 0.2) is 0 Å². The highest BCUT2D eigenvalue weighted by molar-refractivity contribution is 6.31. The molecule has 4 heteroatoms. The van der Waals surface area contributed by atoms with E-state index in [2.05, 4.69) is 10.3 Å². The first-order valence-electron chi connectivity index (χ1n) is 6.60. The molecule has 1 heterocycles. The number of carbonyl (C=O) groups excluding carboxylic acids is 1. The van der Waals surface area contributed by atoms with Crippen LogP contribution < -0.4 is 5.32 Å². The van der Waals surface area contributed by atoms with Crippen molar-refractivity contribution in [3.8, 4) is 0 Å². The lowest BCUT2D eigenvalue weighted by Gasteiger charge is -2.07. The van der Waals surface area contributed by atoms with E-state index >= 15 is 0 Å². The van der Waals surface area contributed by atoms with Crippen LogP contribution in [0.1, 0.15) is 5.56 Å². The Morgan fingerprint density at radius 3 is 2.71 bits per heavy atom. The number of pyridine rings is 1. The molecule has 3 rings (SSSR count). The molecular weight excluding hydrogens is 284 g/mol. The third-order valence-corrected chi connectivity index (χ3v) is 3.55. The topological polar surface area (TPSA) is 42.0 Å². The highest BCUT2D eigenvalue weighted by atomic mass is 35.5. The van der Waals surface area contributed by atoms with Crippen LogP contribution in [0.3, 0.4) is 0 Å². The Morgan fingerprint density at radius 2 is 1.86 bits per heavy atom. The van der Waals surface area contributed by atoms with Gasteiger partial charge in [-0.25, -0.2) is 0 Å². The molecule has 0 saturated heterocycles. The predicted octanol–water partition coefficient (Wildman–Crippen LogP) is 4.07. The summed E-state index contributed by atoms with van der Waals surface area (Å²) in [6, 6.07) is 17.0. The summed E-state index contributed by atoms with van der Waals surface area (Å²) in [5, 5.41) is 4.44. The van der Waals surface area contributed by atoms with Crippen LogP contribution in [0.5, 0.6) is 0 Å². The molecule has 0 spiro atoms. The maximum atomic E-state index is 12.1. The van der Waals surface area contributed by atoms with Crippen LogP contribution in [0.15, 0.2) is 60.8 Å². The molecular formula is C17H13ClN2O. The molecule has 3 aromatic rings. The number of hydrogen-bond donors (Lipinski definition) is 1. The lowest BCUT2D eigenvalue weighted by atomic mass is 10.1. The third kappa shape index (κ3) is 3.20. The fourth-order valence-corrected chi connectivity index (χ4v) is 2.36. The smallest absolute Gasteiger partial charge is 0.228 e. The van der Waals surface area contributed by atoms with Gasteiger partial charge in [0.1, 0.15) is 0 Å². The Balaban J connectivity index is 1.75. The maximum Gasteiger partial charge on any atom is 0.228 e. The van der Waals surface area contributed by atoms with E-state index in [0.29, 0.717) is 10.7 Å². The zero-order valence-corrected chi connectivity index (χ0v) is 12.0. The minimum Gasteiger partial charge on any atom is -0.324 e. The van der Waals surface area contributed by atoms with Crippen molar-refractivity contribution < 1.29 is 4.79 Å². The van der Waals surface area contributed by atoms with Crippen molar-refractivity contribution in [1.29, 1.82) is 0 Å². The monoisotopic (exact) mass is 296 g/mol. The average Bonchev–Trinajstić information content (AvgIpc) is 2.49. The normalized spacial score (nSPS) is 10.5. The number of halogens is 1. The second-order valence-corrected chi connectivity index (χ2v) is 5.14. The number of fused-ring (bicyclic) bond motifs is 1. The zero-order valence-electron chi connectivity index (χ0n) is 11.2. The first-order chi connectivity index (χ1) is 10.2. The predicted molar refractivity (Wildman–Crippen MR) is 85.5 cm³/mol. The first-order valence-corrected chi connectivity index (χ1v) is 6.98. The average molecular weight is 297 g/mol. The minimum absolute atomic E-state index is 0.111. The van der Waals surface area contributed by atoms with Crippen molar-refractivity contribution in [3.63, 3.8) is 0 Å². The molecule has 0 aliphatic carbocycles. The van der Waals surface area contributed by atoms with Crippen LogP contribution in [-0.4, -0.2) is 10.9 Å². The van der Waals surface area contributed by atoms with E-state index in [-0.39, 0.29) is 12.3 Å². The van der Waals surface area contributed by atoms with Gasteiger partial charge in [0, 0.05) is 10.4 Å². The van der Waals surface area contributed by atoms with Gasteiger partial charge in [-0.05, 0) is 23.8 Å². The first kappa shape index (κ1) is 13.6. The molecule has 104 valence electrons. The number of anilines is 1. The summed E-state index contributed by atoms with van der Waals surface area (Å²) < 4.78 is 0. The van der Waals surface area contributed by atoms with Gasteiger partial charge in [-0.2, -0.15) is 0 Å². The second kappa shape index (κ2) is 5.94. The van der Waals surface area contributed by atoms with E-state index in [1.807, 2.05) is 48.5 Å². The number of nitrogens with zero attached hydrogens (tertiary/aromatic N) is 1. The summed E-state index contributed by atoms with van der Waals surface area (Å²) in [6.07, 6.45) is 1.90. The zero-order chi connectivity index (χ0) is 14.7. The molecule has 0 bridgehead atoms. The van der Waals surface area contributed by atoms with Crippen LogP contribution >= 0.6 is 11.6 Å². The van der Waals surface area contributed by atoms with Crippen LogP contribution in [0.2, 0.25) is 5.02 Å². The van der Waals surface area contributed by atoms with Crippen molar-refractivity contribution in [3.05, 3.63) is 71.4 Å².